The number of nitrogens with zero attached hydrogens (tertiary/aromatic N) is 1. The zero-order valence-corrected chi connectivity index (χ0v) is 16.6. The molecule has 1 aliphatic rings. The van der Waals surface area contributed by atoms with E-state index in [4.69, 9.17) is 28.6 Å². The van der Waals surface area contributed by atoms with E-state index >= 15 is 0 Å². The number of carbonyl (C=O) groups is 2. The minimum absolute atomic E-state index is 0.0225. The largest absolute Gasteiger partial charge is 0.495 e. The Bertz CT molecular complexity index is 1000. The third kappa shape index (κ3) is 3.59. The third-order valence-corrected chi connectivity index (χ3v) is 4.99. The monoisotopic (exact) mass is 400 g/mol. The van der Waals surface area contributed by atoms with Crippen molar-refractivity contribution in [3.63, 3.8) is 0 Å². The van der Waals surface area contributed by atoms with Crippen molar-refractivity contribution in [3.05, 3.63) is 63.7 Å². The topological polar surface area (TPSA) is 58.6 Å². The predicted molar refractivity (Wildman–Crippen MR) is 110 cm³/mol. The van der Waals surface area contributed by atoms with Crippen LogP contribution >= 0.6 is 23.8 Å². The minimum atomic E-state index is -0.543. The number of hydrogen-bond donors (Lipinski definition) is 1. The second-order valence-corrected chi connectivity index (χ2v) is 6.86. The van der Waals surface area contributed by atoms with Gasteiger partial charge in [0, 0.05) is 0 Å². The molecule has 0 bridgehead atoms. The molecule has 1 heterocycles. The van der Waals surface area contributed by atoms with E-state index in [0.717, 1.165) is 11.1 Å². The molecule has 0 radical (unpaired) electrons. The number of halogens is 1. The number of rotatable bonds is 3. The second-order valence-electron chi connectivity index (χ2n) is 6.07. The quantitative estimate of drug-likeness (QED) is 0.483. The minimum Gasteiger partial charge on any atom is -0.495 e. The van der Waals surface area contributed by atoms with E-state index in [1.807, 2.05) is 26.0 Å². The van der Waals surface area contributed by atoms with Gasteiger partial charge in [-0.05, 0) is 67.0 Å². The zero-order valence-electron chi connectivity index (χ0n) is 15.0. The molecule has 1 aliphatic heterocycles. The molecule has 0 aromatic heterocycles. The maximum absolute atomic E-state index is 13.1. The van der Waals surface area contributed by atoms with Crippen molar-refractivity contribution in [2.45, 2.75) is 13.8 Å². The van der Waals surface area contributed by atoms with Gasteiger partial charge in [0.15, 0.2) is 5.11 Å². The first-order valence-electron chi connectivity index (χ1n) is 8.14. The van der Waals surface area contributed by atoms with Crippen molar-refractivity contribution in [1.82, 2.24) is 5.32 Å². The maximum Gasteiger partial charge on any atom is 0.270 e. The number of aryl methyl sites for hydroxylation is 1. The first kappa shape index (κ1) is 19.1. The Morgan fingerprint density at radius 3 is 2.59 bits per heavy atom. The molecular weight excluding hydrogens is 384 g/mol. The van der Waals surface area contributed by atoms with Gasteiger partial charge in [-0.25, -0.2) is 0 Å². The molecule has 1 saturated heterocycles. The van der Waals surface area contributed by atoms with Crippen molar-refractivity contribution in [2.24, 2.45) is 0 Å². The number of carbonyl (C=O) groups excluding carboxylic acids is 2. The SMILES string of the molecule is COc1ccc(/C=C2\C(=O)NC(=S)N(c3cccc(C)c3C)C2=O)cc1Cl. The van der Waals surface area contributed by atoms with Crippen molar-refractivity contribution < 1.29 is 14.3 Å². The highest BCUT2D eigenvalue weighted by Crippen LogP contribution is 2.29. The third-order valence-electron chi connectivity index (χ3n) is 4.41. The lowest BCUT2D eigenvalue weighted by atomic mass is 10.0. The van der Waals surface area contributed by atoms with Gasteiger partial charge in [0.05, 0.1) is 17.8 Å². The molecule has 1 fully saturated rings. The molecule has 5 nitrogen and oxygen atoms in total. The number of benzene rings is 2. The Morgan fingerprint density at radius 2 is 1.93 bits per heavy atom. The highest BCUT2D eigenvalue weighted by atomic mass is 35.5. The lowest BCUT2D eigenvalue weighted by Crippen LogP contribution is -2.54. The molecule has 138 valence electrons. The Kier molecular flexibility index (Phi) is 5.30. The van der Waals surface area contributed by atoms with Crippen LogP contribution in [0.3, 0.4) is 0 Å². The highest BCUT2D eigenvalue weighted by molar-refractivity contribution is 7.80. The Balaban J connectivity index is 2.05. The molecule has 3 rings (SSSR count). The number of anilines is 1. The van der Waals surface area contributed by atoms with Crippen molar-refractivity contribution in [1.29, 1.82) is 0 Å². The van der Waals surface area contributed by atoms with Gasteiger partial charge in [-0.15, -0.1) is 0 Å². The molecule has 0 aliphatic carbocycles. The van der Waals surface area contributed by atoms with Crippen LogP contribution in [0.5, 0.6) is 5.75 Å². The summed E-state index contributed by atoms with van der Waals surface area (Å²) in [6, 6.07) is 10.6. The summed E-state index contributed by atoms with van der Waals surface area (Å²) in [4.78, 5) is 26.8. The molecule has 2 aromatic rings. The lowest BCUT2D eigenvalue weighted by molar-refractivity contribution is -0.122. The van der Waals surface area contributed by atoms with Gasteiger partial charge in [-0.3, -0.25) is 19.8 Å². The number of nitrogens with one attached hydrogen (secondary N) is 1. The van der Waals surface area contributed by atoms with Gasteiger partial charge in [-0.2, -0.15) is 0 Å². The van der Waals surface area contributed by atoms with E-state index in [1.54, 1.807) is 24.3 Å². The molecule has 0 saturated carbocycles. The highest BCUT2D eigenvalue weighted by Gasteiger charge is 2.35. The summed E-state index contributed by atoms with van der Waals surface area (Å²) in [7, 11) is 1.51. The van der Waals surface area contributed by atoms with E-state index in [9.17, 15) is 9.59 Å². The van der Waals surface area contributed by atoms with Gasteiger partial charge in [0.2, 0.25) is 0 Å². The molecule has 27 heavy (non-hydrogen) atoms. The first-order chi connectivity index (χ1) is 12.8. The number of thiocarbonyl (C=S) groups is 1. The molecule has 0 unspecified atom stereocenters. The van der Waals surface area contributed by atoms with Crippen LogP contribution in [0.2, 0.25) is 5.02 Å². The number of ether oxygens (including phenoxy) is 1. The van der Waals surface area contributed by atoms with Gasteiger partial charge < -0.3 is 4.74 Å². The van der Waals surface area contributed by atoms with E-state index in [1.165, 1.54) is 18.1 Å². The van der Waals surface area contributed by atoms with E-state index < -0.39 is 11.8 Å². The van der Waals surface area contributed by atoms with Crippen LogP contribution in [0.15, 0.2) is 42.0 Å². The van der Waals surface area contributed by atoms with Crippen LogP contribution in [0.4, 0.5) is 5.69 Å². The second kappa shape index (κ2) is 7.50. The summed E-state index contributed by atoms with van der Waals surface area (Å²) in [6.45, 7) is 3.86. The van der Waals surface area contributed by atoms with Crippen LogP contribution in [-0.4, -0.2) is 24.0 Å². The Hall–Kier alpha value is -2.70. The molecule has 2 amide bonds. The molecule has 7 heteroatoms. The van der Waals surface area contributed by atoms with Crippen LogP contribution in [0, 0.1) is 13.8 Å². The van der Waals surface area contributed by atoms with Gasteiger partial charge in [-0.1, -0.05) is 29.8 Å². The molecule has 2 aromatic carbocycles. The van der Waals surface area contributed by atoms with Gasteiger partial charge in [0.25, 0.3) is 11.8 Å². The predicted octanol–water partition coefficient (Wildman–Crippen LogP) is 3.80. The van der Waals surface area contributed by atoms with Crippen LogP contribution in [0.25, 0.3) is 6.08 Å². The molecular formula is C20H17ClN2O3S. The van der Waals surface area contributed by atoms with Crippen LogP contribution in [0.1, 0.15) is 16.7 Å². The summed E-state index contributed by atoms with van der Waals surface area (Å²) >= 11 is 11.4. The zero-order chi connectivity index (χ0) is 19.7. The fourth-order valence-corrected chi connectivity index (χ4v) is 3.33. The fourth-order valence-electron chi connectivity index (χ4n) is 2.79. The van der Waals surface area contributed by atoms with Crippen molar-refractivity contribution >= 4 is 52.5 Å². The van der Waals surface area contributed by atoms with Gasteiger partial charge >= 0.3 is 0 Å². The number of hydrogen-bond acceptors (Lipinski definition) is 4. The number of methoxy groups -OCH3 is 1. The van der Waals surface area contributed by atoms with E-state index in [0.29, 0.717) is 22.0 Å². The summed E-state index contributed by atoms with van der Waals surface area (Å²) in [6.07, 6.45) is 1.49. The van der Waals surface area contributed by atoms with Crippen molar-refractivity contribution in [3.8, 4) is 5.75 Å². The average Bonchev–Trinajstić information content (AvgIpc) is 2.62. The fraction of sp³-hybridized carbons (Fsp3) is 0.150. The standard InChI is InChI=1S/C20H17ClN2O3S/c1-11-5-4-6-16(12(11)2)23-19(25)14(18(24)22-20(23)27)9-13-7-8-17(26-3)15(21)10-13/h4-10H,1-3H3,(H,22,24,27)/b14-9+. The summed E-state index contributed by atoms with van der Waals surface area (Å²) in [5.74, 6) is -0.515. The van der Waals surface area contributed by atoms with Crippen LogP contribution < -0.4 is 15.0 Å². The van der Waals surface area contributed by atoms with E-state index in [2.05, 4.69) is 5.32 Å². The Labute approximate surface area is 167 Å². The van der Waals surface area contributed by atoms with Crippen molar-refractivity contribution in [2.75, 3.05) is 12.0 Å². The van der Waals surface area contributed by atoms with Crippen LogP contribution in [-0.2, 0) is 9.59 Å². The Morgan fingerprint density at radius 1 is 1.19 bits per heavy atom. The lowest BCUT2D eigenvalue weighted by Gasteiger charge is -2.30. The summed E-state index contributed by atoms with van der Waals surface area (Å²) < 4.78 is 5.12. The number of amides is 2. The van der Waals surface area contributed by atoms with Gasteiger partial charge in [0.1, 0.15) is 11.3 Å². The average molecular weight is 401 g/mol. The summed E-state index contributed by atoms with van der Waals surface area (Å²) in [5.41, 5.74) is 3.16. The smallest absolute Gasteiger partial charge is 0.270 e. The van der Waals surface area contributed by atoms with E-state index in [-0.39, 0.29) is 10.7 Å². The molecule has 0 atom stereocenters. The maximum atomic E-state index is 13.1. The molecule has 0 spiro atoms. The normalized spacial score (nSPS) is 15.9. The summed E-state index contributed by atoms with van der Waals surface area (Å²) in [5, 5.41) is 3.03. The first-order valence-corrected chi connectivity index (χ1v) is 8.93. The molecule has 1 N–H and O–H groups in total.